The van der Waals surface area contributed by atoms with Gasteiger partial charge in [-0.05, 0) is 19.1 Å². The van der Waals surface area contributed by atoms with Gasteiger partial charge in [-0.15, -0.1) is 35.3 Å². The highest BCUT2D eigenvalue weighted by Gasteiger charge is 2.33. The number of piperazine rings is 1. The quantitative estimate of drug-likeness (QED) is 0.353. The molecule has 1 fully saturated rings. The van der Waals surface area contributed by atoms with Crippen LogP contribution in [0.25, 0.3) is 0 Å². The highest BCUT2D eigenvalue weighted by atomic mass is 127. The largest absolute Gasteiger partial charge is 0.434 e. The van der Waals surface area contributed by atoms with Crippen molar-refractivity contribution < 1.29 is 13.2 Å². The van der Waals surface area contributed by atoms with Crippen LogP contribution in [0, 0.1) is 0 Å². The molecule has 5 nitrogen and oxygen atoms in total. The van der Waals surface area contributed by atoms with Gasteiger partial charge in [-0.3, -0.25) is 4.99 Å². The average Bonchev–Trinajstić information content (AvgIpc) is 3.18. The summed E-state index contributed by atoms with van der Waals surface area (Å²) in [5.41, 5.74) is 0.397. The summed E-state index contributed by atoms with van der Waals surface area (Å²) in [6.07, 6.45) is -3.98. The predicted molar refractivity (Wildman–Crippen MR) is 122 cm³/mol. The van der Waals surface area contributed by atoms with E-state index < -0.39 is 11.9 Å². The molecule has 0 radical (unpaired) electrons. The van der Waals surface area contributed by atoms with Gasteiger partial charge in [0.15, 0.2) is 11.7 Å². The Kier molecular flexibility index (Phi) is 9.00. The van der Waals surface area contributed by atoms with Gasteiger partial charge in [-0.1, -0.05) is 18.2 Å². The number of para-hydroxylation sites is 1. The van der Waals surface area contributed by atoms with Crippen molar-refractivity contribution in [2.24, 2.45) is 4.99 Å². The molecule has 0 unspecified atom stereocenters. The van der Waals surface area contributed by atoms with Crippen molar-refractivity contribution in [1.29, 1.82) is 0 Å². The molecule has 0 aliphatic carbocycles. The lowest BCUT2D eigenvalue weighted by Gasteiger charge is -2.37. The normalized spacial score (nSPS) is 15.2. The molecule has 2 heterocycles. The summed E-state index contributed by atoms with van der Waals surface area (Å²) in [6.45, 7) is 6.64. The van der Waals surface area contributed by atoms with Gasteiger partial charge in [0.1, 0.15) is 0 Å². The molecule has 29 heavy (non-hydrogen) atoms. The molecule has 0 bridgehead atoms. The Morgan fingerprint density at radius 1 is 1.17 bits per heavy atom. The number of anilines is 1. The van der Waals surface area contributed by atoms with Gasteiger partial charge in [-0.2, -0.15) is 13.2 Å². The van der Waals surface area contributed by atoms with E-state index in [0.717, 1.165) is 55.4 Å². The highest BCUT2D eigenvalue weighted by molar-refractivity contribution is 14.0. The van der Waals surface area contributed by atoms with E-state index in [-0.39, 0.29) is 24.0 Å². The number of nitrogens with one attached hydrogen (secondary N) is 1. The topological polar surface area (TPSA) is 43.8 Å². The number of hydrogen-bond donors (Lipinski definition) is 1. The van der Waals surface area contributed by atoms with Crippen molar-refractivity contribution in [2.45, 2.75) is 19.5 Å². The molecule has 0 atom stereocenters. The zero-order valence-corrected chi connectivity index (χ0v) is 19.3. The van der Waals surface area contributed by atoms with Crippen LogP contribution >= 0.6 is 35.3 Å². The minimum Gasteiger partial charge on any atom is -0.368 e. The Labute approximate surface area is 190 Å². The van der Waals surface area contributed by atoms with Gasteiger partial charge < -0.3 is 15.1 Å². The van der Waals surface area contributed by atoms with Crippen LogP contribution in [0.5, 0.6) is 0 Å². The molecule has 0 spiro atoms. The summed E-state index contributed by atoms with van der Waals surface area (Å²) in [7, 11) is 0. The van der Waals surface area contributed by atoms with Gasteiger partial charge in [0, 0.05) is 56.8 Å². The fourth-order valence-electron chi connectivity index (χ4n) is 3.05. The smallest absolute Gasteiger partial charge is 0.368 e. The van der Waals surface area contributed by atoms with E-state index in [1.165, 1.54) is 5.69 Å². The van der Waals surface area contributed by atoms with E-state index in [4.69, 9.17) is 0 Å². The monoisotopic (exact) mass is 539 g/mol. The molecule has 10 heteroatoms. The van der Waals surface area contributed by atoms with Crippen molar-refractivity contribution in [3.05, 3.63) is 46.4 Å². The van der Waals surface area contributed by atoms with Crippen LogP contribution in [0.1, 0.15) is 17.6 Å². The molecule has 0 saturated carbocycles. The number of aromatic nitrogens is 1. The standard InChI is InChI=1S/C19H24F3N5S.HI/c1-2-23-18(24-9-8-17-25-16(14-28-17)19(20,21)22)27-12-10-26(11-13-27)15-6-4-3-5-7-15;/h3-7,14H,2,8-13H2,1H3,(H,23,24);1H. The van der Waals surface area contributed by atoms with Gasteiger partial charge >= 0.3 is 6.18 Å². The molecule has 1 aliphatic heterocycles. The van der Waals surface area contributed by atoms with E-state index in [0.29, 0.717) is 18.0 Å². The third-order valence-electron chi connectivity index (χ3n) is 4.46. The molecule has 1 aromatic heterocycles. The first-order chi connectivity index (χ1) is 13.5. The first-order valence-corrected chi connectivity index (χ1v) is 10.2. The molecule has 160 valence electrons. The maximum atomic E-state index is 12.6. The summed E-state index contributed by atoms with van der Waals surface area (Å²) in [6, 6.07) is 10.3. The van der Waals surface area contributed by atoms with Crippen LogP contribution in [-0.4, -0.2) is 55.1 Å². The van der Waals surface area contributed by atoms with Gasteiger partial charge in [0.2, 0.25) is 0 Å². The van der Waals surface area contributed by atoms with Crippen molar-refractivity contribution in [1.82, 2.24) is 15.2 Å². The number of halogens is 4. The number of rotatable bonds is 5. The fraction of sp³-hybridized carbons (Fsp3) is 0.474. The molecule has 1 aliphatic rings. The average molecular weight is 539 g/mol. The van der Waals surface area contributed by atoms with Crippen LogP contribution in [0.3, 0.4) is 0 Å². The molecular formula is C19H25F3IN5S. The summed E-state index contributed by atoms with van der Waals surface area (Å²) in [5, 5.41) is 4.80. The van der Waals surface area contributed by atoms with Gasteiger partial charge in [-0.25, -0.2) is 4.98 Å². The summed E-state index contributed by atoms with van der Waals surface area (Å²) >= 11 is 1.03. The third kappa shape index (κ3) is 6.73. The predicted octanol–water partition coefficient (Wildman–Crippen LogP) is 4.11. The molecule has 3 rings (SSSR count). The van der Waals surface area contributed by atoms with Crippen LogP contribution in [0.15, 0.2) is 40.7 Å². The number of thiazole rings is 1. The Bertz CT molecular complexity index is 774. The minimum absolute atomic E-state index is 0. The lowest BCUT2D eigenvalue weighted by Crippen LogP contribution is -2.52. The van der Waals surface area contributed by atoms with Crippen molar-refractivity contribution in [3.8, 4) is 0 Å². The maximum absolute atomic E-state index is 12.6. The Hall–Kier alpha value is -1.56. The minimum atomic E-state index is -4.38. The Balaban J connectivity index is 0.00000300. The summed E-state index contributed by atoms with van der Waals surface area (Å²) < 4.78 is 37.9. The first-order valence-electron chi connectivity index (χ1n) is 9.32. The number of guanidine groups is 1. The van der Waals surface area contributed by atoms with Crippen molar-refractivity contribution in [3.63, 3.8) is 0 Å². The summed E-state index contributed by atoms with van der Waals surface area (Å²) in [5.74, 6) is 0.808. The van der Waals surface area contributed by atoms with Crippen LogP contribution in [0.4, 0.5) is 18.9 Å². The number of aliphatic imine (C=N–C) groups is 1. The molecule has 2 aromatic rings. The van der Waals surface area contributed by atoms with Crippen LogP contribution < -0.4 is 10.2 Å². The zero-order valence-electron chi connectivity index (χ0n) is 16.2. The van der Waals surface area contributed by atoms with E-state index >= 15 is 0 Å². The molecule has 1 saturated heterocycles. The Morgan fingerprint density at radius 2 is 1.86 bits per heavy atom. The SMILES string of the molecule is CCNC(=NCCc1nc(C(F)(F)F)cs1)N1CCN(c2ccccc2)CC1.I. The second-order valence-electron chi connectivity index (χ2n) is 6.42. The Morgan fingerprint density at radius 3 is 2.45 bits per heavy atom. The van der Waals surface area contributed by atoms with Gasteiger partial charge in [0.05, 0.1) is 5.01 Å². The molecular weight excluding hydrogens is 514 g/mol. The second kappa shape index (κ2) is 11.0. The molecule has 1 N–H and O–H groups in total. The van der Waals surface area contributed by atoms with Gasteiger partial charge in [0.25, 0.3) is 0 Å². The molecule has 1 aromatic carbocycles. The third-order valence-corrected chi connectivity index (χ3v) is 5.37. The first kappa shape index (κ1) is 23.7. The maximum Gasteiger partial charge on any atom is 0.434 e. The number of nitrogens with zero attached hydrogens (tertiary/aromatic N) is 4. The van der Waals surface area contributed by atoms with Crippen LogP contribution in [0.2, 0.25) is 0 Å². The van der Waals surface area contributed by atoms with E-state index in [1.54, 1.807) is 0 Å². The summed E-state index contributed by atoms with van der Waals surface area (Å²) in [4.78, 5) is 12.8. The molecule has 0 amide bonds. The zero-order chi connectivity index (χ0) is 20.0. The lowest BCUT2D eigenvalue weighted by atomic mass is 10.2. The number of alkyl halides is 3. The van der Waals surface area contributed by atoms with Crippen molar-refractivity contribution in [2.75, 3.05) is 44.2 Å². The van der Waals surface area contributed by atoms with Crippen LogP contribution in [-0.2, 0) is 12.6 Å². The van der Waals surface area contributed by atoms with E-state index in [1.807, 2.05) is 25.1 Å². The van der Waals surface area contributed by atoms with E-state index in [9.17, 15) is 13.2 Å². The van der Waals surface area contributed by atoms with Crippen molar-refractivity contribution >= 4 is 47.0 Å². The second-order valence-corrected chi connectivity index (χ2v) is 7.36. The number of benzene rings is 1. The fourth-order valence-corrected chi connectivity index (χ4v) is 3.85. The van der Waals surface area contributed by atoms with E-state index in [2.05, 4.69) is 37.2 Å². The highest BCUT2D eigenvalue weighted by Crippen LogP contribution is 2.30. The lowest BCUT2D eigenvalue weighted by molar-refractivity contribution is -0.140. The number of hydrogen-bond acceptors (Lipinski definition) is 4.